The van der Waals surface area contributed by atoms with Crippen LogP contribution in [0.25, 0.3) is 0 Å². The third-order valence-corrected chi connectivity index (χ3v) is 22.3. The summed E-state index contributed by atoms with van der Waals surface area (Å²) >= 11 is 0. The second-order valence-corrected chi connectivity index (χ2v) is 27.9. The molecule has 5 saturated heterocycles. The van der Waals surface area contributed by atoms with Crippen LogP contribution in [0.1, 0.15) is 113 Å². The number of aliphatic hydroxyl groups is 13. The van der Waals surface area contributed by atoms with Crippen LogP contribution in [0.5, 0.6) is 0 Å². The number of hydrogen-bond donors (Lipinski definition) is 14. The van der Waals surface area contributed by atoms with Crippen molar-refractivity contribution < 1.29 is 128 Å². The molecule has 10 rings (SSSR count). The zero-order valence-corrected chi connectivity index (χ0v) is 48.3. The predicted octanol–water partition coefficient (Wildman–Crippen LogP) is -2.20. The molecule has 0 unspecified atom stereocenters. The Hall–Kier alpha value is -2.20. The van der Waals surface area contributed by atoms with E-state index in [0.29, 0.717) is 32.1 Å². The number of hydrogen-bond acceptors (Lipinski definition) is 25. The summed E-state index contributed by atoms with van der Waals surface area (Å²) in [5, 5.41) is 152. The number of fused-ring (bicyclic) bond motifs is 7. The number of esters is 1. The molecular weight excluding hydrogens is 1100 g/mol. The van der Waals surface area contributed by atoms with E-state index in [1.165, 1.54) is 6.92 Å². The first-order valence-electron chi connectivity index (χ1n) is 29.5. The third-order valence-electron chi connectivity index (χ3n) is 22.3. The maximum atomic E-state index is 15.4. The van der Waals surface area contributed by atoms with E-state index < -0.39 is 207 Å². The first-order chi connectivity index (χ1) is 38.7. The van der Waals surface area contributed by atoms with Crippen molar-refractivity contribution >= 4 is 11.9 Å². The van der Waals surface area contributed by atoms with Crippen LogP contribution in [0, 0.1) is 50.2 Å². The zero-order valence-electron chi connectivity index (χ0n) is 48.3. The molecule has 26 heteroatoms. The highest BCUT2D eigenvalue weighted by atomic mass is 16.8. The van der Waals surface area contributed by atoms with Gasteiger partial charge in [0.2, 0.25) is 6.29 Å². The monoisotopic (exact) mass is 1190 g/mol. The van der Waals surface area contributed by atoms with Gasteiger partial charge < -0.3 is 119 Å². The van der Waals surface area contributed by atoms with Crippen LogP contribution in [-0.2, 0) is 57.0 Å². The Bertz CT molecular complexity index is 2380. The minimum atomic E-state index is -1.96. The maximum absolute atomic E-state index is 15.4. The molecule has 14 N–H and O–H groups in total. The molecule has 0 spiro atoms. The molecule has 5 heterocycles. The molecule has 0 aromatic carbocycles. The highest BCUT2D eigenvalue weighted by Crippen LogP contribution is 2.76. The fourth-order valence-electron chi connectivity index (χ4n) is 17.2. The molecule has 0 aromatic rings. The van der Waals surface area contributed by atoms with E-state index in [0.717, 1.165) is 18.4 Å². The van der Waals surface area contributed by atoms with Crippen molar-refractivity contribution in [2.75, 3.05) is 19.8 Å². The van der Waals surface area contributed by atoms with Gasteiger partial charge in [0.05, 0.1) is 38.1 Å². The van der Waals surface area contributed by atoms with Gasteiger partial charge in [0.15, 0.2) is 37.4 Å². The lowest BCUT2D eigenvalue weighted by molar-refractivity contribution is -0.375. The van der Waals surface area contributed by atoms with Crippen LogP contribution >= 0.6 is 0 Å². The summed E-state index contributed by atoms with van der Waals surface area (Å²) in [6.45, 7) is 15.4. The van der Waals surface area contributed by atoms with Crippen LogP contribution in [0.3, 0.4) is 0 Å². The standard InChI is InChI=1S/C57H90O26/c1-22-41(79-47-40(70)42(27(60)21-75-47)80-46-37(67)32(62)25(58)19-74-46)36(66)39(69)48(77-22)82-44-33(63)26(59)20-76-50(44)83-51(73)57-16-15-52(2,3)17-24(57)23-9-10-29-54(6)13-12-31(78-49-38(68)34(64)35(65)43(81-49)45(71)72)53(4,5)28(54)11-14-55(29,7)56(23,8)18-30(57)61/h9,22,24-44,46-50,58-70H,10-21H2,1-8H3,(H,71,72)/t22-,24-,25+,26-,27+,28-,29+,30+,31-,32-,33-,34-,35-,36-,37+,38+,39+,40+,41-,42-,43-,44-,46-,47-,48-,49+,50+,54-,55+,56+,57+/m0/s1. The minimum absolute atomic E-state index is 0.0683. The third kappa shape index (κ3) is 10.6. The fourth-order valence-corrected chi connectivity index (χ4v) is 17.2. The lowest BCUT2D eigenvalue weighted by Crippen LogP contribution is -2.68. The van der Waals surface area contributed by atoms with Gasteiger partial charge in [-0.3, -0.25) is 4.79 Å². The Balaban J connectivity index is 0.844. The Morgan fingerprint density at radius 3 is 1.80 bits per heavy atom. The topological polar surface area (TPSA) is 410 Å². The van der Waals surface area contributed by atoms with Crippen molar-refractivity contribution in [3.8, 4) is 0 Å². The number of allylic oxidation sites excluding steroid dienone is 2. The van der Waals surface area contributed by atoms with Crippen LogP contribution in [0.15, 0.2) is 11.6 Å². The van der Waals surface area contributed by atoms with Crippen LogP contribution in [-0.4, -0.2) is 251 Å². The molecule has 26 nitrogen and oxygen atoms in total. The number of aliphatic hydroxyl groups excluding tert-OH is 13. The van der Waals surface area contributed by atoms with Gasteiger partial charge in [-0.1, -0.05) is 60.1 Å². The number of carboxylic acid groups (broad SMARTS) is 1. The molecule has 0 amide bonds. The zero-order chi connectivity index (χ0) is 60.6. The van der Waals surface area contributed by atoms with E-state index in [1.807, 2.05) is 0 Å². The van der Waals surface area contributed by atoms with Gasteiger partial charge in [-0.05, 0) is 110 Å². The van der Waals surface area contributed by atoms with Crippen molar-refractivity contribution in [2.45, 2.75) is 261 Å². The summed E-state index contributed by atoms with van der Waals surface area (Å²) in [5.74, 6) is -2.64. The van der Waals surface area contributed by atoms with E-state index >= 15 is 4.79 Å². The second-order valence-electron chi connectivity index (χ2n) is 27.9. The molecule has 83 heavy (non-hydrogen) atoms. The van der Waals surface area contributed by atoms with Gasteiger partial charge in [0, 0.05) is 0 Å². The quantitative estimate of drug-likeness (QED) is 0.0593. The molecule has 0 radical (unpaired) electrons. The smallest absolute Gasteiger partial charge is 0.335 e. The second kappa shape index (κ2) is 23.0. The van der Waals surface area contributed by atoms with E-state index in [2.05, 4.69) is 54.5 Å². The SMILES string of the molecule is C[C@@H]1O[C@@H](O[C@@H]2[C@@H](OC(=O)[C@]34CCC(C)(C)C[C@H]3C3=CC[C@@H]5[C@@]6(C)CC[C@H](O[C@@H]7O[C@H](C(=O)O)[C@@H](O)[C@H](O)[C@H]7O)C(C)(C)[C@@H]6CC[C@@]5(C)[C@]3(C)C[C@H]4O)OC[C@H](O)[C@@H]2O)[C@H](O)[C@H](O)[C@H]1O[C@@H]1OC[C@@H](O)[C@H](O[C@@H]2OC[C@@H](O)[C@H](O)[C@H]2O)[C@H]1O. The van der Waals surface area contributed by atoms with Gasteiger partial charge in [-0.15, -0.1) is 0 Å². The summed E-state index contributed by atoms with van der Waals surface area (Å²) in [5.41, 5.74) is -2.53. The molecule has 31 atom stereocenters. The lowest BCUT2D eigenvalue weighted by Gasteiger charge is -2.71. The largest absolute Gasteiger partial charge is 0.479 e. The first kappa shape index (κ1) is 63.8. The van der Waals surface area contributed by atoms with Crippen molar-refractivity contribution in [3.63, 3.8) is 0 Å². The van der Waals surface area contributed by atoms with Crippen molar-refractivity contribution in [3.05, 3.63) is 11.6 Å². The molecular formula is C57H90O26. The van der Waals surface area contributed by atoms with E-state index in [4.69, 9.17) is 47.4 Å². The maximum Gasteiger partial charge on any atom is 0.335 e. The summed E-state index contributed by atoms with van der Waals surface area (Å²) in [7, 11) is 0. The molecule has 0 bridgehead atoms. The van der Waals surface area contributed by atoms with E-state index in [1.54, 1.807) is 0 Å². The number of carbonyl (C=O) groups excluding carboxylic acids is 1. The van der Waals surface area contributed by atoms with Crippen LogP contribution < -0.4 is 0 Å². The van der Waals surface area contributed by atoms with Gasteiger partial charge in [-0.2, -0.15) is 0 Å². The molecule has 9 fully saturated rings. The van der Waals surface area contributed by atoms with Gasteiger partial charge in [0.25, 0.3) is 0 Å². The molecule has 5 aliphatic carbocycles. The summed E-state index contributed by atoms with van der Waals surface area (Å²) < 4.78 is 58.7. The number of carbonyl (C=O) groups is 2. The van der Waals surface area contributed by atoms with Crippen LogP contribution in [0.2, 0.25) is 0 Å². The molecule has 4 saturated carbocycles. The van der Waals surface area contributed by atoms with Gasteiger partial charge in [-0.25, -0.2) is 4.79 Å². The van der Waals surface area contributed by atoms with Gasteiger partial charge in [0.1, 0.15) is 90.9 Å². The molecule has 0 aromatic heterocycles. The van der Waals surface area contributed by atoms with Crippen LogP contribution in [0.4, 0.5) is 0 Å². The van der Waals surface area contributed by atoms with E-state index in [9.17, 15) is 76.3 Å². The highest BCUT2D eigenvalue weighted by molar-refractivity contribution is 5.80. The highest BCUT2D eigenvalue weighted by Gasteiger charge is 2.72. The van der Waals surface area contributed by atoms with Crippen molar-refractivity contribution in [1.29, 1.82) is 0 Å². The Morgan fingerprint density at radius 2 is 1.12 bits per heavy atom. The summed E-state index contributed by atoms with van der Waals surface area (Å²) in [4.78, 5) is 27.4. The summed E-state index contributed by atoms with van der Waals surface area (Å²) in [6, 6.07) is 0. The Morgan fingerprint density at radius 1 is 0.542 bits per heavy atom. The normalized spacial score (nSPS) is 54.2. The van der Waals surface area contributed by atoms with Crippen molar-refractivity contribution in [2.24, 2.45) is 50.2 Å². The first-order valence-corrected chi connectivity index (χ1v) is 29.5. The average Bonchev–Trinajstić information content (AvgIpc) is 0.895. The lowest BCUT2D eigenvalue weighted by atomic mass is 9.33. The van der Waals surface area contributed by atoms with Crippen molar-refractivity contribution in [1.82, 2.24) is 0 Å². The number of carboxylic acids is 1. The van der Waals surface area contributed by atoms with E-state index in [-0.39, 0.29) is 35.5 Å². The van der Waals surface area contributed by atoms with Gasteiger partial charge >= 0.3 is 11.9 Å². The molecule has 474 valence electrons. The minimum Gasteiger partial charge on any atom is -0.479 e. The summed E-state index contributed by atoms with van der Waals surface area (Å²) in [6.07, 6.45) is -31.1. The average molecular weight is 1190 g/mol. The number of rotatable bonds is 11. The Labute approximate surface area is 481 Å². The fraction of sp³-hybridized carbons (Fsp3) is 0.930. The Kier molecular flexibility index (Phi) is 17.7. The molecule has 10 aliphatic rings. The number of aliphatic carboxylic acids is 1. The number of ether oxygens (including phenoxy) is 10. The predicted molar refractivity (Wildman–Crippen MR) is 278 cm³/mol. The molecule has 5 aliphatic heterocycles.